The van der Waals surface area contributed by atoms with Crippen LogP contribution in [0.25, 0.3) is 0 Å². The molecule has 1 aromatic carbocycles. The van der Waals surface area contributed by atoms with Crippen molar-refractivity contribution in [2.75, 3.05) is 5.32 Å². The van der Waals surface area contributed by atoms with Gasteiger partial charge in [0.25, 0.3) is 5.91 Å². The molecule has 1 aliphatic carbocycles. The number of carbonyl (C=O) groups excluding carboxylic acids is 1. The van der Waals surface area contributed by atoms with Crippen molar-refractivity contribution in [1.82, 2.24) is 9.78 Å². The number of carbonyl (C=O) groups is 1. The summed E-state index contributed by atoms with van der Waals surface area (Å²) in [5, 5.41) is 7.77. The SMILES string of the molecule is CC(C1CC1)n1nccc1NC(=O)c1cccc(Cl)c1. The van der Waals surface area contributed by atoms with E-state index in [9.17, 15) is 4.79 Å². The first-order valence-corrected chi connectivity index (χ1v) is 7.13. The van der Waals surface area contributed by atoms with Crippen LogP contribution in [0.15, 0.2) is 36.5 Å². The summed E-state index contributed by atoms with van der Waals surface area (Å²) in [6, 6.07) is 9.05. The number of halogens is 1. The molecular weight excluding hydrogens is 274 g/mol. The Labute approximate surface area is 122 Å². The second-order valence-electron chi connectivity index (χ2n) is 5.20. The highest BCUT2D eigenvalue weighted by atomic mass is 35.5. The van der Waals surface area contributed by atoms with E-state index in [2.05, 4.69) is 17.3 Å². The van der Waals surface area contributed by atoms with Crippen molar-refractivity contribution in [3.05, 3.63) is 47.1 Å². The lowest BCUT2D eigenvalue weighted by molar-refractivity contribution is 0.102. The zero-order valence-corrected chi connectivity index (χ0v) is 12.0. The van der Waals surface area contributed by atoms with Crippen LogP contribution in [0.4, 0.5) is 5.82 Å². The topological polar surface area (TPSA) is 46.9 Å². The van der Waals surface area contributed by atoms with E-state index in [0.717, 1.165) is 5.82 Å². The van der Waals surface area contributed by atoms with Gasteiger partial charge in [0.2, 0.25) is 0 Å². The maximum atomic E-state index is 12.2. The van der Waals surface area contributed by atoms with E-state index < -0.39 is 0 Å². The Balaban J connectivity index is 1.78. The summed E-state index contributed by atoms with van der Waals surface area (Å²) >= 11 is 5.90. The molecule has 0 saturated heterocycles. The summed E-state index contributed by atoms with van der Waals surface area (Å²) in [6.45, 7) is 2.14. The predicted molar refractivity (Wildman–Crippen MR) is 79.1 cm³/mol. The molecule has 0 bridgehead atoms. The molecule has 5 heteroatoms. The summed E-state index contributed by atoms with van der Waals surface area (Å²) in [5.74, 6) is 1.24. The molecule has 0 aliphatic heterocycles. The Kier molecular flexibility index (Phi) is 3.49. The minimum Gasteiger partial charge on any atom is -0.307 e. The number of hydrogen-bond acceptors (Lipinski definition) is 2. The summed E-state index contributed by atoms with van der Waals surface area (Å²) < 4.78 is 1.89. The molecule has 104 valence electrons. The summed E-state index contributed by atoms with van der Waals surface area (Å²) in [6.07, 6.45) is 4.19. The van der Waals surface area contributed by atoms with Gasteiger partial charge >= 0.3 is 0 Å². The van der Waals surface area contributed by atoms with Gasteiger partial charge in [-0.05, 0) is 43.9 Å². The Bertz CT molecular complexity index is 634. The van der Waals surface area contributed by atoms with Crippen LogP contribution in [-0.2, 0) is 0 Å². The molecule has 4 nitrogen and oxygen atoms in total. The molecule has 1 amide bonds. The minimum atomic E-state index is -0.169. The highest BCUT2D eigenvalue weighted by Crippen LogP contribution is 2.40. The first kappa shape index (κ1) is 13.2. The van der Waals surface area contributed by atoms with Crippen molar-refractivity contribution >= 4 is 23.3 Å². The third-order valence-electron chi connectivity index (χ3n) is 3.69. The number of aromatic nitrogens is 2. The molecule has 1 atom stereocenters. The van der Waals surface area contributed by atoms with Gasteiger partial charge in [0.05, 0.1) is 12.2 Å². The first-order chi connectivity index (χ1) is 9.65. The number of anilines is 1. The van der Waals surface area contributed by atoms with Crippen molar-refractivity contribution in [3.8, 4) is 0 Å². The fourth-order valence-electron chi connectivity index (χ4n) is 2.33. The van der Waals surface area contributed by atoms with Crippen LogP contribution >= 0.6 is 11.6 Å². The average molecular weight is 290 g/mol. The van der Waals surface area contributed by atoms with Crippen LogP contribution in [0.1, 0.15) is 36.2 Å². The lowest BCUT2D eigenvalue weighted by Crippen LogP contribution is -2.18. The minimum absolute atomic E-state index is 0.169. The normalized spacial score (nSPS) is 15.9. The number of hydrogen-bond donors (Lipinski definition) is 1. The van der Waals surface area contributed by atoms with Gasteiger partial charge < -0.3 is 5.32 Å². The molecule has 2 aromatic rings. The predicted octanol–water partition coefficient (Wildman–Crippen LogP) is 3.76. The largest absolute Gasteiger partial charge is 0.307 e. The number of nitrogens with one attached hydrogen (secondary N) is 1. The monoisotopic (exact) mass is 289 g/mol. The maximum Gasteiger partial charge on any atom is 0.256 e. The van der Waals surface area contributed by atoms with Crippen molar-refractivity contribution in [1.29, 1.82) is 0 Å². The van der Waals surface area contributed by atoms with Crippen molar-refractivity contribution in [2.45, 2.75) is 25.8 Å². The molecule has 20 heavy (non-hydrogen) atoms. The highest BCUT2D eigenvalue weighted by molar-refractivity contribution is 6.31. The number of nitrogens with zero attached hydrogens (tertiary/aromatic N) is 2. The van der Waals surface area contributed by atoms with E-state index in [1.54, 1.807) is 30.5 Å². The molecule has 1 heterocycles. The van der Waals surface area contributed by atoms with Gasteiger partial charge in [0.15, 0.2) is 0 Å². The Morgan fingerprint density at radius 3 is 2.95 bits per heavy atom. The lowest BCUT2D eigenvalue weighted by Gasteiger charge is -2.15. The van der Waals surface area contributed by atoms with Crippen LogP contribution in [0.5, 0.6) is 0 Å². The molecule has 1 unspecified atom stereocenters. The van der Waals surface area contributed by atoms with Crippen molar-refractivity contribution in [3.63, 3.8) is 0 Å². The molecular formula is C15H16ClN3O. The standard InChI is InChI=1S/C15H16ClN3O/c1-10(11-5-6-11)19-14(7-8-17-19)18-15(20)12-3-2-4-13(16)9-12/h2-4,7-11H,5-6H2,1H3,(H,18,20). The van der Waals surface area contributed by atoms with E-state index in [4.69, 9.17) is 11.6 Å². The quantitative estimate of drug-likeness (QED) is 0.931. The fraction of sp³-hybridized carbons (Fsp3) is 0.333. The van der Waals surface area contributed by atoms with Crippen LogP contribution in [0, 0.1) is 5.92 Å². The van der Waals surface area contributed by atoms with Crippen LogP contribution < -0.4 is 5.32 Å². The molecule has 1 saturated carbocycles. The molecule has 1 aromatic heterocycles. The first-order valence-electron chi connectivity index (χ1n) is 6.75. The van der Waals surface area contributed by atoms with E-state index >= 15 is 0 Å². The van der Waals surface area contributed by atoms with Gasteiger partial charge in [-0.15, -0.1) is 0 Å². The average Bonchev–Trinajstić information content (AvgIpc) is 3.18. The third-order valence-corrected chi connectivity index (χ3v) is 3.92. The zero-order valence-electron chi connectivity index (χ0n) is 11.2. The van der Waals surface area contributed by atoms with E-state index in [1.165, 1.54) is 12.8 Å². The molecule has 1 N–H and O–H groups in total. The molecule has 0 radical (unpaired) electrons. The zero-order chi connectivity index (χ0) is 14.1. The van der Waals surface area contributed by atoms with E-state index in [0.29, 0.717) is 22.5 Å². The van der Waals surface area contributed by atoms with Crippen LogP contribution in [0.2, 0.25) is 5.02 Å². The number of rotatable bonds is 4. The molecule has 1 fully saturated rings. The summed E-state index contributed by atoms with van der Waals surface area (Å²) in [5.41, 5.74) is 0.546. The molecule has 0 spiro atoms. The van der Waals surface area contributed by atoms with Crippen LogP contribution in [0.3, 0.4) is 0 Å². The Hall–Kier alpha value is -1.81. The lowest BCUT2D eigenvalue weighted by atomic mass is 10.2. The summed E-state index contributed by atoms with van der Waals surface area (Å²) in [7, 11) is 0. The Morgan fingerprint density at radius 1 is 1.45 bits per heavy atom. The van der Waals surface area contributed by atoms with Crippen LogP contribution in [-0.4, -0.2) is 15.7 Å². The van der Waals surface area contributed by atoms with Gasteiger partial charge in [-0.1, -0.05) is 17.7 Å². The van der Waals surface area contributed by atoms with Gasteiger partial charge in [-0.3, -0.25) is 4.79 Å². The number of amides is 1. The summed E-state index contributed by atoms with van der Waals surface area (Å²) in [4.78, 5) is 12.2. The van der Waals surface area contributed by atoms with Crippen molar-refractivity contribution < 1.29 is 4.79 Å². The van der Waals surface area contributed by atoms with Gasteiger partial charge in [0, 0.05) is 16.7 Å². The highest BCUT2D eigenvalue weighted by Gasteiger charge is 2.30. The van der Waals surface area contributed by atoms with Crippen molar-refractivity contribution in [2.24, 2.45) is 5.92 Å². The second-order valence-corrected chi connectivity index (χ2v) is 5.64. The maximum absolute atomic E-state index is 12.2. The third kappa shape index (κ3) is 2.70. The van der Waals surface area contributed by atoms with E-state index in [-0.39, 0.29) is 5.91 Å². The number of benzene rings is 1. The van der Waals surface area contributed by atoms with E-state index in [1.807, 2.05) is 10.7 Å². The van der Waals surface area contributed by atoms with Gasteiger partial charge in [-0.2, -0.15) is 5.10 Å². The van der Waals surface area contributed by atoms with Gasteiger partial charge in [0.1, 0.15) is 5.82 Å². The van der Waals surface area contributed by atoms with Gasteiger partial charge in [-0.25, -0.2) is 4.68 Å². The Morgan fingerprint density at radius 2 is 2.25 bits per heavy atom. The molecule has 1 aliphatic rings. The second kappa shape index (κ2) is 5.29. The fourth-order valence-corrected chi connectivity index (χ4v) is 2.52. The molecule has 3 rings (SSSR count). The smallest absolute Gasteiger partial charge is 0.256 e.